The van der Waals surface area contributed by atoms with Gasteiger partial charge in [0.15, 0.2) is 0 Å². The number of nitrogens with zero attached hydrogens (tertiary/aromatic N) is 2. The molecule has 3 aromatic rings. The van der Waals surface area contributed by atoms with E-state index < -0.39 is 6.10 Å². The predicted octanol–water partition coefficient (Wildman–Crippen LogP) is 5.26. The minimum atomic E-state index is -0.813. The number of aliphatic hydroxyl groups excluding tert-OH is 1. The molecule has 1 heterocycles. The van der Waals surface area contributed by atoms with Crippen LogP contribution in [0.3, 0.4) is 0 Å². The molecule has 0 saturated heterocycles. The first kappa shape index (κ1) is 20.0. The topological polar surface area (TPSA) is 54.7 Å². The van der Waals surface area contributed by atoms with Crippen LogP contribution in [0.2, 0.25) is 5.02 Å². The fraction of sp³-hybridized carbons (Fsp3) is 0.182. The highest BCUT2D eigenvalue weighted by molar-refractivity contribution is 6.36. The van der Waals surface area contributed by atoms with Crippen LogP contribution in [-0.2, 0) is 6.42 Å². The molecule has 6 heteroatoms. The SMILES string of the molecule is CC=N/C=C/C(O)c1ccc2nc(OC)c(Cc3ccc(F)cc3)c(Cl)c2c1. The smallest absolute Gasteiger partial charge is 0.218 e. The fourth-order valence-electron chi connectivity index (χ4n) is 2.90. The number of aliphatic imine (C=N–C) groups is 1. The number of fused-ring (bicyclic) bond motifs is 1. The maximum Gasteiger partial charge on any atom is 0.218 e. The highest BCUT2D eigenvalue weighted by Gasteiger charge is 2.16. The van der Waals surface area contributed by atoms with Gasteiger partial charge in [-0.3, -0.25) is 4.99 Å². The minimum absolute atomic E-state index is 0.294. The Bertz CT molecular complexity index is 1030. The van der Waals surface area contributed by atoms with E-state index in [0.29, 0.717) is 39.4 Å². The zero-order valence-corrected chi connectivity index (χ0v) is 16.3. The van der Waals surface area contributed by atoms with Crippen LogP contribution in [0.25, 0.3) is 10.9 Å². The van der Waals surface area contributed by atoms with E-state index in [1.807, 2.05) is 6.07 Å². The van der Waals surface area contributed by atoms with Crippen molar-refractivity contribution < 1.29 is 14.2 Å². The van der Waals surface area contributed by atoms with Crippen molar-refractivity contribution in [2.45, 2.75) is 19.4 Å². The van der Waals surface area contributed by atoms with Crippen molar-refractivity contribution in [3.8, 4) is 5.88 Å². The lowest BCUT2D eigenvalue weighted by atomic mass is 10.0. The summed E-state index contributed by atoms with van der Waals surface area (Å²) in [6.45, 7) is 1.80. The standard InChI is InChI=1S/C22H20ClFN2O2/c1-3-25-11-10-20(27)15-6-9-19-17(13-15)21(23)18(22(26-19)28-2)12-14-4-7-16(24)8-5-14/h3-11,13,20,27H,12H2,1-2H3/b11-10+,25-3?. The Morgan fingerprint density at radius 1 is 1.25 bits per heavy atom. The number of rotatable bonds is 6. The summed E-state index contributed by atoms with van der Waals surface area (Å²) < 4.78 is 18.6. The molecule has 1 N–H and O–H groups in total. The summed E-state index contributed by atoms with van der Waals surface area (Å²) in [6.07, 6.45) is 4.40. The first-order chi connectivity index (χ1) is 13.5. The van der Waals surface area contributed by atoms with Crippen LogP contribution in [-0.4, -0.2) is 23.4 Å². The van der Waals surface area contributed by atoms with Crippen LogP contribution in [0.15, 0.2) is 59.7 Å². The lowest BCUT2D eigenvalue weighted by molar-refractivity contribution is 0.228. The summed E-state index contributed by atoms with van der Waals surface area (Å²) in [5.74, 6) is 0.129. The van der Waals surface area contributed by atoms with Crippen molar-refractivity contribution in [1.82, 2.24) is 4.98 Å². The van der Waals surface area contributed by atoms with E-state index in [9.17, 15) is 9.50 Å². The number of benzene rings is 2. The van der Waals surface area contributed by atoms with Gasteiger partial charge in [0.05, 0.1) is 23.8 Å². The molecule has 0 radical (unpaired) electrons. The highest BCUT2D eigenvalue weighted by atomic mass is 35.5. The molecule has 0 aliphatic heterocycles. The summed E-state index contributed by atoms with van der Waals surface area (Å²) >= 11 is 6.69. The van der Waals surface area contributed by atoms with Crippen molar-refractivity contribution in [3.05, 3.63) is 82.3 Å². The third kappa shape index (κ3) is 4.38. The molecule has 1 atom stereocenters. The first-order valence-electron chi connectivity index (χ1n) is 8.76. The number of hydrogen-bond acceptors (Lipinski definition) is 4. The Balaban J connectivity index is 2.05. The lowest BCUT2D eigenvalue weighted by Crippen LogP contribution is -2.00. The van der Waals surface area contributed by atoms with Gasteiger partial charge < -0.3 is 9.84 Å². The number of ether oxygens (including phenoxy) is 1. The Hall–Kier alpha value is -2.76. The molecule has 0 spiro atoms. The maximum absolute atomic E-state index is 13.2. The zero-order valence-electron chi connectivity index (χ0n) is 15.6. The molecular formula is C22H20ClFN2O2. The van der Waals surface area contributed by atoms with Crippen molar-refractivity contribution in [2.75, 3.05) is 7.11 Å². The molecule has 2 aromatic carbocycles. The van der Waals surface area contributed by atoms with Gasteiger partial charge in [0.1, 0.15) is 5.82 Å². The minimum Gasteiger partial charge on any atom is -0.481 e. The Kier molecular flexibility index (Phi) is 6.39. The number of aromatic nitrogens is 1. The molecular weight excluding hydrogens is 379 g/mol. The van der Waals surface area contributed by atoms with Gasteiger partial charge in [-0.05, 0) is 48.4 Å². The second kappa shape index (κ2) is 8.95. The molecule has 0 aliphatic rings. The summed E-state index contributed by atoms with van der Waals surface area (Å²) in [4.78, 5) is 8.50. The maximum atomic E-state index is 13.2. The van der Waals surface area contributed by atoms with E-state index in [1.165, 1.54) is 19.2 Å². The highest BCUT2D eigenvalue weighted by Crippen LogP contribution is 2.35. The zero-order chi connectivity index (χ0) is 20.1. The number of hydrogen-bond donors (Lipinski definition) is 1. The number of halogens is 2. The van der Waals surface area contributed by atoms with Crippen molar-refractivity contribution >= 4 is 28.7 Å². The molecule has 0 aliphatic carbocycles. The largest absolute Gasteiger partial charge is 0.481 e. The molecule has 0 amide bonds. The average Bonchev–Trinajstić information content (AvgIpc) is 2.71. The van der Waals surface area contributed by atoms with E-state index in [-0.39, 0.29) is 5.82 Å². The number of pyridine rings is 1. The second-order valence-electron chi connectivity index (χ2n) is 6.19. The van der Waals surface area contributed by atoms with Crippen molar-refractivity contribution in [2.24, 2.45) is 4.99 Å². The molecule has 0 bridgehead atoms. The van der Waals surface area contributed by atoms with Gasteiger partial charge in [0, 0.05) is 29.8 Å². The van der Waals surface area contributed by atoms with Gasteiger partial charge in [-0.15, -0.1) is 0 Å². The van der Waals surface area contributed by atoms with E-state index in [2.05, 4.69) is 9.98 Å². The molecule has 1 aromatic heterocycles. The van der Waals surface area contributed by atoms with Crippen molar-refractivity contribution in [1.29, 1.82) is 0 Å². The number of methoxy groups -OCH3 is 1. The van der Waals surface area contributed by atoms with Gasteiger partial charge in [-0.1, -0.05) is 29.8 Å². The van der Waals surface area contributed by atoms with Crippen LogP contribution in [0.1, 0.15) is 29.7 Å². The van der Waals surface area contributed by atoms with Gasteiger partial charge in [-0.2, -0.15) is 0 Å². The first-order valence-corrected chi connectivity index (χ1v) is 9.14. The second-order valence-corrected chi connectivity index (χ2v) is 6.57. The van der Waals surface area contributed by atoms with Gasteiger partial charge in [0.25, 0.3) is 0 Å². The van der Waals surface area contributed by atoms with Crippen LogP contribution >= 0.6 is 11.6 Å². The predicted molar refractivity (Wildman–Crippen MR) is 111 cm³/mol. The molecule has 0 saturated carbocycles. The van der Waals surface area contributed by atoms with Gasteiger partial charge in [-0.25, -0.2) is 9.37 Å². The third-order valence-corrected chi connectivity index (χ3v) is 4.77. The normalized spacial score (nSPS) is 12.9. The van der Waals surface area contributed by atoms with Crippen LogP contribution in [0, 0.1) is 5.82 Å². The van der Waals surface area contributed by atoms with E-state index in [0.717, 1.165) is 5.56 Å². The molecule has 28 heavy (non-hydrogen) atoms. The Morgan fingerprint density at radius 3 is 2.68 bits per heavy atom. The van der Waals surface area contributed by atoms with Gasteiger partial charge >= 0.3 is 0 Å². The molecule has 0 fully saturated rings. The summed E-state index contributed by atoms with van der Waals surface area (Å²) in [7, 11) is 1.54. The summed E-state index contributed by atoms with van der Waals surface area (Å²) in [5.41, 5.74) is 2.94. The molecule has 1 unspecified atom stereocenters. The van der Waals surface area contributed by atoms with E-state index >= 15 is 0 Å². The van der Waals surface area contributed by atoms with E-state index in [1.54, 1.807) is 49.7 Å². The van der Waals surface area contributed by atoms with Crippen LogP contribution in [0.4, 0.5) is 4.39 Å². The Labute approximate surface area is 168 Å². The fourth-order valence-corrected chi connectivity index (χ4v) is 3.20. The summed E-state index contributed by atoms with van der Waals surface area (Å²) in [5, 5.41) is 11.6. The third-order valence-electron chi connectivity index (χ3n) is 4.33. The molecule has 4 nitrogen and oxygen atoms in total. The average molecular weight is 399 g/mol. The van der Waals surface area contributed by atoms with Crippen molar-refractivity contribution in [3.63, 3.8) is 0 Å². The van der Waals surface area contributed by atoms with Gasteiger partial charge in [0.2, 0.25) is 5.88 Å². The van der Waals surface area contributed by atoms with E-state index in [4.69, 9.17) is 16.3 Å². The quantitative estimate of drug-likeness (QED) is 0.576. The monoisotopic (exact) mass is 398 g/mol. The summed E-state index contributed by atoms with van der Waals surface area (Å²) in [6, 6.07) is 11.6. The number of aliphatic hydroxyl groups is 1. The van der Waals surface area contributed by atoms with Crippen LogP contribution < -0.4 is 4.74 Å². The van der Waals surface area contributed by atoms with Crippen LogP contribution in [0.5, 0.6) is 5.88 Å². The molecule has 144 valence electrons. The Morgan fingerprint density at radius 2 is 2.00 bits per heavy atom. The lowest BCUT2D eigenvalue weighted by Gasteiger charge is -2.14. The molecule has 3 rings (SSSR count).